The minimum atomic E-state index is -0.718. The van der Waals surface area contributed by atoms with Crippen LogP contribution in [-0.2, 0) is 11.3 Å². The fourth-order valence-electron chi connectivity index (χ4n) is 1.37. The van der Waals surface area contributed by atoms with Gasteiger partial charge in [0.05, 0.1) is 6.61 Å². The maximum absolute atomic E-state index is 9.06. The van der Waals surface area contributed by atoms with Crippen molar-refractivity contribution in [3.8, 4) is 0 Å². The van der Waals surface area contributed by atoms with E-state index in [1.54, 1.807) is 13.8 Å². The zero-order valence-corrected chi connectivity index (χ0v) is 12.3. The summed E-state index contributed by atoms with van der Waals surface area (Å²) in [5.41, 5.74) is 6.29. The SMILES string of the molecule is C[C@@H](Cc1ccc(Cl)cc1)/C(N)=N/OC(C)(C)CO. The summed E-state index contributed by atoms with van der Waals surface area (Å²) >= 11 is 5.83. The first kappa shape index (κ1) is 15.8. The molecule has 0 unspecified atom stereocenters. The van der Waals surface area contributed by atoms with Crippen molar-refractivity contribution >= 4 is 17.4 Å². The summed E-state index contributed by atoms with van der Waals surface area (Å²) in [7, 11) is 0. The number of aliphatic hydroxyl groups excluding tert-OH is 1. The number of halogens is 1. The van der Waals surface area contributed by atoms with Crippen molar-refractivity contribution in [3.63, 3.8) is 0 Å². The third kappa shape index (κ3) is 5.49. The van der Waals surface area contributed by atoms with Crippen molar-refractivity contribution in [2.45, 2.75) is 32.8 Å². The van der Waals surface area contributed by atoms with Gasteiger partial charge in [0.25, 0.3) is 0 Å². The number of aliphatic hydroxyl groups is 1. The largest absolute Gasteiger partial charge is 0.392 e. The van der Waals surface area contributed by atoms with Crippen LogP contribution in [0.25, 0.3) is 0 Å². The Labute approximate surface area is 119 Å². The molecule has 0 aliphatic carbocycles. The molecule has 0 aliphatic rings. The molecule has 0 aliphatic heterocycles. The van der Waals surface area contributed by atoms with Gasteiger partial charge in [-0.2, -0.15) is 0 Å². The Hall–Kier alpha value is -1.26. The highest BCUT2D eigenvalue weighted by Crippen LogP contribution is 2.14. The summed E-state index contributed by atoms with van der Waals surface area (Å²) in [6.07, 6.45) is 0.759. The van der Waals surface area contributed by atoms with E-state index < -0.39 is 5.60 Å². The van der Waals surface area contributed by atoms with E-state index in [0.717, 1.165) is 12.0 Å². The highest BCUT2D eigenvalue weighted by atomic mass is 35.5. The standard InChI is InChI=1S/C14H21ClN2O2/c1-10(8-11-4-6-12(15)7-5-11)13(16)17-19-14(2,3)9-18/h4-7,10,18H,8-9H2,1-3H3,(H2,16,17)/t10-/m0/s1. The van der Waals surface area contributed by atoms with Crippen LogP contribution in [-0.4, -0.2) is 23.2 Å². The highest BCUT2D eigenvalue weighted by Gasteiger charge is 2.18. The Morgan fingerprint density at radius 3 is 2.53 bits per heavy atom. The van der Waals surface area contributed by atoms with Gasteiger partial charge >= 0.3 is 0 Å². The number of hydrogen-bond donors (Lipinski definition) is 2. The number of benzene rings is 1. The van der Waals surface area contributed by atoms with Crippen LogP contribution in [0.3, 0.4) is 0 Å². The maximum atomic E-state index is 9.06. The van der Waals surface area contributed by atoms with Gasteiger partial charge in [-0.15, -0.1) is 0 Å². The summed E-state index contributed by atoms with van der Waals surface area (Å²) in [4.78, 5) is 5.21. The average molecular weight is 285 g/mol. The molecule has 0 radical (unpaired) electrons. The third-order valence-corrected chi connectivity index (χ3v) is 2.99. The van der Waals surface area contributed by atoms with Crippen LogP contribution in [0.15, 0.2) is 29.4 Å². The lowest BCUT2D eigenvalue weighted by atomic mass is 10.0. The normalized spacial score (nSPS) is 14.3. The van der Waals surface area contributed by atoms with Crippen LogP contribution >= 0.6 is 11.6 Å². The van der Waals surface area contributed by atoms with E-state index in [4.69, 9.17) is 27.3 Å². The minimum absolute atomic E-state index is 0.0515. The molecule has 1 aromatic rings. The van der Waals surface area contributed by atoms with E-state index >= 15 is 0 Å². The number of nitrogens with zero attached hydrogens (tertiary/aromatic N) is 1. The molecule has 0 heterocycles. The van der Waals surface area contributed by atoms with Gasteiger partial charge in [0, 0.05) is 10.9 Å². The minimum Gasteiger partial charge on any atom is -0.392 e. The predicted octanol–water partition coefficient (Wildman–Crippen LogP) is 2.58. The quantitative estimate of drug-likeness (QED) is 0.479. The van der Waals surface area contributed by atoms with Crippen molar-refractivity contribution in [3.05, 3.63) is 34.9 Å². The lowest BCUT2D eigenvalue weighted by Crippen LogP contribution is -2.30. The van der Waals surface area contributed by atoms with E-state index in [9.17, 15) is 0 Å². The fraction of sp³-hybridized carbons (Fsp3) is 0.500. The first-order valence-electron chi connectivity index (χ1n) is 6.21. The smallest absolute Gasteiger partial charge is 0.155 e. The van der Waals surface area contributed by atoms with Gasteiger partial charge in [0.15, 0.2) is 5.60 Å². The van der Waals surface area contributed by atoms with Crippen molar-refractivity contribution in [1.82, 2.24) is 0 Å². The monoisotopic (exact) mass is 284 g/mol. The summed E-state index contributed by atoms with van der Waals surface area (Å²) < 4.78 is 0. The Kier molecular flexibility index (Phi) is 5.63. The van der Waals surface area contributed by atoms with Gasteiger partial charge in [0.2, 0.25) is 0 Å². The van der Waals surface area contributed by atoms with Crippen molar-refractivity contribution in [1.29, 1.82) is 0 Å². The van der Waals surface area contributed by atoms with Crippen LogP contribution in [0.4, 0.5) is 0 Å². The molecule has 4 nitrogen and oxygen atoms in total. The van der Waals surface area contributed by atoms with E-state index in [1.165, 1.54) is 0 Å². The van der Waals surface area contributed by atoms with Crippen LogP contribution < -0.4 is 5.73 Å². The lowest BCUT2D eigenvalue weighted by molar-refractivity contribution is -0.0521. The Bertz CT molecular complexity index is 430. The van der Waals surface area contributed by atoms with Gasteiger partial charge in [-0.3, -0.25) is 0 Å². The van der Waals surface area contributed by atoms with Gasteiger partial charge in [-0.05, 0) is 38.0 Å². The fourth-order valence-corrected chi connectivity index (χ4v) is 1.50. The number of oxime groups is 1. The van der Waals surface area contributed by atoms with Crippen molar-refractivity contribution in [2.75, 3.05) is 6.61 Å². The number of hydrogen-bond acceptors (Lipinski definition) is 3. The third-order valence-electron chi connectivity index (χ3n) is 2.74. The first-order chi connectivity index (χ1) is 8.84. The summed E-state index contributed by atoms with van der Waals surface area (Å²) in [6, 6.07) is 7.62. The number of amidine groups is 1. The van der Waals surface area contributed by atoms with Crippen LogP contribution in [0, 0.1) is 5.92 Å². The molecule has 19 heavy (non-hydrogen) atoms. The van der Waals surface area contributed by atoms with Crippen LogP contribution in [0.2, 0.25) is 5.02 Å². The number of rotatable bonds is 6. The molecule has 0 aromatic heterocycles. The van der Waals surface area contributed by atoms with Crippen LogP contribution in [0.1, 0.15) is 26.3 Å². The number of nitrogens with two attached hydrogens (primary N) is 1. The molecular formula is C14H21ClN2O2. The Morgan fingerprint density at radius 1 is 1.42 bits per heavy atom. The molecule has 3 N–H and O–H groups in total. The molecule has 0 amide bonds. The summed E-state index contributed by atoms with van der Waals surface area (Å²) in [5.74, 6) is 0.465. The molecule has 1 aromatic carbocycles. The molecular weight excluding hydrogens is 264 g/mol. The molecule has 0 bridgehead atoms. The van der Waals surface area contributed by atoms with E-state index in [2.05, 4.69) is 5.16 Å². The highest BCUT2D eigenvalue weighted by molar-refractivity contribution is 6.30. The topological polar surface area (TPSA) is 67.8 Å². The van der Waals surface area contributed by atoms with Crippen molar-refractivity contribution < 1.29 is 9.94 Å². The first-order valence-corrected chi connectivity index (χ1v) is 6.58. The van der Waals surface area contributed by atoms with E-state index in [0.29, 0.717) is 10.9 Å². The summed E-state index contributed by atoms with van der Waals surface area (Å²) in [5, 5.41) is 13.7. The van der Waals surface area contributed by atoms with Gasteiger partial charge < -0.3 is 15.7 Å². The second kappa shape index (κ2) is 6.78. The molecule has 0 saturated heterocycles. The van der Waals surface area contributed by atoms with Gasteiger partial charge in [-0.1, -0.05) is 35.8 Å². The molecule has 5 heteroatoms. The molecule has 0 fully saturated rings. The molecule has 1 atom stereocenters. The predicted molar refractivity (Wildman–Crippen MR) is 78.2 cm³/mol. The van der Waals surface area contributed by atoms with Crippen molar-refractivity contribution in [2.24, 2.45) is 16.8 Å². The molecule has 106 valence electrons. The van der Waals surface area contributed by atoms with Gasteiger partial charge in [0.1, 0.15) is 5.84 Å². The molecule has 0 saturated carbocycles. The van der Waals surface area contributed by atoms with E-state index in [-0.39, 0.29) is 12.5 Å². The van der Waals surface area contributed by atoms with Crippen LogP contribution in [0.5, 0.6) is 0 Å². The van der Waals surface area contributed by atoms with E-state index in [1.807, 2.05) is 31.2 Å². The zero-order valence-electron chi connectivity index (χ0n) is 11.6. The molecule has 0 spiro atoms. The van der Waals surface area contributed by atoms with Gasteiger partial charge in [-0.25, -0.2) is 0 Å². The molecule has 1 rings (SSSR count). The second-order valence-electron chi connectivity index (χ2n) is 5.26. The summed E-state index contributed by atoms with van der Waals surface area (Å²) in [6.45, 7) is 5.35. The lowest BCUT2D eigenvalue weighted by Gasteiger charge is -2.20. The maximum Gasteiger partial charge on any atom is 0.155 e. The average Bonchev–Trinajstić information content (AvgIpc) is 2.38. The zero-order chi connectivity index (χ0) is 14.5. The Balaban J connectivity index is 2.59. The Morgan fingerprint density at radius 2 is 2.00 bits per heavy atom. The second-order valence-corrected chi connectivity index (χ2v) is 5.69.